The van der Waals surface area contributed by atoms with Crippen LogP contribution in [0.25, 0.3) is 0 Å². The zero-order valence-electron chi connectivity index (χ0n) is 8.06. The van der Waals surface area contributed by atoms with Crippen LogP contribution < -0.4 is 0 Å². The summed E-state index contributed by atoms with van der Waals surface area (Å²) in [5.41, 5.74) is 1.71. The molecule has 0 nitrogen and oxygen atoms in total. The topological polar surface area (TPSA) is 0 Å². The summed E-state index contributed by atoms with van der Waals surface area (Å²) in [6.07, 6.45) is 7.87. The first kappa shape index (κ1) is 8.90. The molecule has 0 N–H and O–H groups in total. The molecule has 1 atom stereocenters. The predicted octanol–water partition coefficient (Wildman–Crippen LogP) is 2.56. The SMILES string of the molecule is BC1CC=C(CCC(C)C)C1. The summed E-state index contributed by atoms with van der Waals surface area (Å²) in [6, 6.07) is 0. The average molecular weight is 150 g/mol. The summed E-state index contributed by atoms with van der Waals surface area (Å²) >= 11 is 0. The Labute approximate surface area is 71.5 Å². The quantitative estimate of drug-likeness (QED) is 0.428. The molecule has 0 bridgehead atoms. The molecule has 0 amide bonds. The van der Waals surface area contributed by atoms with Crippen molar-refractivity contribution in [1.82, 2.24) is 0 Å². The van der Waals surface area contributed by atoms with Crippen LogP contribution in [0.15, 0.2) is 11.6 Å². The second-order valence-electron chi connectivity index (χ2n) is 4.34. The van der Waals surface area contributed by atoms with Crippen molar-refractivity contribution >= 4 is 7.85 Å². The molecule has 0 aliphatic heterocycles. The molecule has 1 aliphatic rings. The molecule has 1 heteroatoms. The molecule has 0 radical (unpaired) electrons. The second-order valence-corrected chi connectivity index (χ2v) is 4.34. The second kappa shape index (κ2) is 3.99. The minimum absolute atomic E-state index is 0.867. The lowest BCUT2D eigenvalue weighted by Gasteiger charge is -2.05. The molecule has 11 heavy (non-hydrogen) atoms. The molecule has 0 spiro atoms. The molecule has 1 unspecified atom stereocenters. The molecule has 0 aromatic heterocycles. The van der Waals surface area contributed by atoms with Gasteiger partial charge >= 0.3 is 0 Å². The highest BCUT2D eigenvalue weighted by Crippen LogP contribution is 2.30. The molecule has 1 rings (SSSR count). The number of hydrogen-bond donors (Lipinski definition) is 0. The van der Waals surface area contributed by atoms with Crippen molar-refractivity contribution in [3.63, 3.8) is 0 Å². The maximum Gasteiger partial charge on any atom is 0.106 e. The lowest BCUT2D eigenvalue weighted by molar-refractivity contribution is 0.579. The zero-order valence-corrected chi connectivity index (χ0v) is 8.06. The smallest absolute Gasteiger partial charge is 0.0858 e. The first-order valence-corrected chi connectivity index (χ1v) is 4.86. The van der Waals surface area contributed by atoms with Crippen LogP contribution in [0.4, 0.5) is 0 Å². The zero-order chi connectivity index (χ0) is 8.27. The van der Waals surface area contributed by atoms with Gasteiger partial charge in [0.15, 0.2) is 0 Å². The molecular weight excluding hydrogens is 131 g/mol. The molecule has 0 fully saturated rings. The molecule has 62 valence electrons. The maximum absolute atomic E-state index is 2.45. The van der Waals surface area contributed by atoms with Gasteiger partial charge in [-0.05, 0) is 31.6 Å². The van der Waals surface area contributed by atoms with Crippen LogP contribution >= 0.6 is 0 Å². The van der Waals surface area contributed by atoms with Crippen molar-refractivity contribution in [3.05, 3.63) is 11.6 Å². The molecule has 0 saturated carbocycles. The first-order valence-electron chi connectivity index (χ1n) is 4.86. The Kier molecular flexibility index (Phi) is 3.23. The molecule has 0 aromatic carbocycles. The Hall–Kier alpha value is -0.195. The fourth-order valence-electron chi connectivity index (χ4n) is 1.66. The van der Waals surface area contributed by atoms with E-state index in [1.807, 2.05) is 0 Å². The van der Waals surface area contributed by atoms with E-state index < -0.39 is 0 Å². The lowest BCUT2D eigenvalue weighted by Crippen LogP contribution is -1.90. The predicted molar refractivity (Wildman–Crippen MR) is 53.7 cm³/mol. The minimum atomic E-state index is 0.867. The highest BCUT2D eigenvalue weighted by molar-refractivity contribution is 6.12. The summed E-state index contributed by atoms with van der Waals surface area (Å²) in [5.74, 6) is 1.80. The first-order chi connectivity index (χ1) is 5.18. The third-order valence-electron chi connectivity index (χ3n) is 2.46. The van der Waals surface area contributed by atoms with E-state index >= 15 is 0 Å². The average Bonchev–Trinajstić information content (AvgIpc) is 2.31. The number of rotatable bonds is 3. The van der Waals surface area contributed by atoms with Gasteiger partial charge in [0, 0.05) is 0 Å². The van der Waals surface area contributed by atoms with Crippen molar-refractivity contribution in [2.24, 2.45) is 5.92 Å². The van der Waals surface area contributed by atoms with E-state index in [1.54, 1.807) is 5.57 Å². The van der Waals surface area contributed by atoms with Crippen LogP contribution in [0.2, 0.25) is 5.82 Å². The van der Waals surface area contributed by atoms with E-state index in [4.69, 9.17) is 0 Å². The lowest BCUT2D eigenvalue weighted by atomic mass is 9.84. The van der Waals surface area contributed by atoms with Gasteiger partial charge in [-0.25, -0.2) is 0 Å². The van der Waals surface area contributed by atoms with Gasteiger partial charge in [0.1, 0.15) is 7.85 Å². The summed E-state index contributed by atoms with van der Waals surface area (Å²) in [4.78, 5) is 0. The van der Waals surface area contributed by atoms with Gasteiger partial charge < -0.3 is 0 Å². The van der Waals surface area contributed by atoms with Crippen LogP contribution in [-0.4, -0.2) is 7.85 Å². The number of hydrogen-bond acceptors (Lipinski definition) is 0. The molecule has 0 saturated heterocycles. The summed E-state index contributed by atoms with van der Waals surface area (Å²) in [5, 5.41) is 0. The maximum atomic E-state index is 2.45. The van der Waals surface area contributed by atoms with Crippen LogP contribution in [0, 0.1) is 5.92 Å². The number of allylic oxidation sites excluding steroid dienone is 2. The fraction of sp³-hybridized carbons (Fsp3) is 0.800. The van der Waals surface area contributed by atoms with Gasteiger partial charge in [0.2, 0.25) is 0 Å². The third kappa shape index (κ3) is 3.13. The Balaban J connectivity index is 2.18. The summed E-state index contributed by atoms with van der Waals surface area (Å²) in [7, 11) is 2.35. The Morgan fingerprint density at radius 1 is 1.64 bits per heavy atom. The Bertz CT molecular complexity index is 147. The van der Waals surface area contributed by atoms with E-state index in [0.29, 0.717) is 0 Å². The Morgan fingerprint density at radius 3 is 2.82 bits per heavy atom. The van der Waals surface area contributed by atoms with Crippen molar-refractivity contribution in [1.29, 1.82) is 0 Å². The van der Waals surface area contributed by atoms with E-state index in [0.717, 1.165) is 11.7 Å². The van der Waals surface area contributed by atoms with Gasteiger partial charge in [-0.15, -0.1) is 0 Å². The van der Waals surface area contributed by atoms with Crippen molar-refractivity contribution in [2.75, 3.05) is 0 Å². The molecule has 1 aliphatic carbocycles. The van der Waals surface area contributed by atoms with E-state index in [-0.39, 0.29) is 0 Å². The van der Waals surface area contributed by atoms with Crippen molar-refractivity contribution < 1.29 is 0 Å². The summed E-state index contributed by atoms with van der Waals surface area (Å²) in [6.45, 7) is 4.61. The van der Waals surface area contributed by atoms with Crippen LogP contribution in [0.1, 0.15) is 39.5 Å². The van der Waals surface area contributed by atoms with Gasteiger partial charge in [0.25, 0.3) is 0 Å². The normalized spacial score (nSPS) is 24.3. The van der Waals surface area contributed by atoms with E-state index in [1.165, 1.54) is 25.7 Å². The highest BCUT2D eigenvalue weighted by Gasteiger charge is 2.11. The fourth-order valence-corrected chi connectivity index (χ4v) is 1.66. The van der Waals surface area contributed by atoms with Crippen LogP contribution in [-0.2, 0) is 0 Å². The largest absolute Gasteiger partial charge is 0.106 e. The van der Waals surface area contributed by atoms with E-state index in [2.05, 4.69) is 27.8 Å². The van der Waals surface area contributed by atoms with Crippen LogP contribution in [0.3, 0.4) is 0 Å². The van der Waals surface area contributed by atoms with Gasteiger partial charge in [-0.1, -0.05) is 31.3 Å². The molecule has 0 heterocycles. The minimum Gasteiger partial charge on any atom is -0.0858 e. The van der Waals surface area contributed by atoms with Crippen LogP contribution in [0.5, 0.6) is 0 Å². The van der Waals surface area contributed by atoms with Crippen molar-refractivity contribution in [3.8, 4) is 0 Å². The Morgan fingerprint density at radius 2 is 2.36 bits per heavy atom. The van der Waals surface area contributed by atoms with Gasteiger partial charge in [-0.2, -0.15) is 0 Å². The van der Waals surface area contributed by atoms with Gasteiger partial charge in [-0.3, -0.25) is 0 Å². The van der Waals surface area contributed by atoms with Gasteiger partial charge in [0.05, 0.1) is 0 Å². The standard InChI is InChI=1S/C10H19B/c1-8(2)3-4-9-5-6-10(11)7-9/h5,8,10H,3-4,6-7,11H2,1-2H3. The van der Waals surface area contributed by atoms with Crippen molar-refractivity contribution in [2.45, 2.75) is 45.3 Å². The monoisotopic (exact) mass is 150 g/mol. The molecular formula is C10H19B. The van der Waals surface area contributed by atoms with E-state index in [9.17, 15) is 0 Å². The molecule has 0 aromatic rings. The third-order valence-corrected chi connectivity index (χ3v) is 2.46. The highest BCUT2D eigenvalue weighted by atomic mass is 14.1. The summed E-state index contributed by atoms with van der Waals surface area (Å²) < 4.78 is 0.